The van der Waals surface area contributed by atoms with Gasteiger partial charge in [-0.2, -0.15) is 4.37 Å². The van der Waals surface area contributed by atoms with Crippen molar-refractivity contribution >= 4 is 11.5 Å². The van der Waals surface area contributed by atoms with Crippen molar-refractivity contribution in [1.82, 2.24) is 9.36 Å². The average Bonchev–Trinajstić information content (AvgIpc) is 2.47. The van der Waals surface area contributed by atoms with E-state index in [9.17, 15) is 0 Å². The Morgan fingerprint density at radius 3 is 2.54 bits per heavy atom. The molecule has 0 radical (unpaired) electrons. The molecular weight excluding hydrogens is 182 g/mol. The van der Waals surface area contributed by atoms with E-state index in [0.717, 1.165) is 17.3 Å². The Morgan fingerprint density at radius 1 is 1.46 bits per heavy atom. The highest BCUT2D eigenvalue weighted by Gasteiger charge is 2.15. The van der Waals surface area contributed by atoms with Gasteiger partial charge in [-0.25, -0.2) is 4.98 Å². The predicted molar refractivity (Wildman–Crippen MR) is 55.9 cm³/mol. The lowest BCUT2D eigenvalue weighted by atomic mass is 9.98. The zero-order chi connectivity index (χ0) is 9.84. The summed E-state index contributed by atoms with van der Waals surface area (Å²) < 4.78 is 4.17. The normalized spacial score (nSPS) is 13.6. The minimum absolute atomic E-state index is 0.395. The SMILES string of the molecule is Cc1nsc(C(CN)CC(C)C)n1. The standard InChI is InChI=1S/C9H17N3S/c1-6(2)4-8(5-10)9-11-7(3)12-13-9/h6,8H,4-5,10H2,1-3H3. The molecule has 2 N–H and O–H groups in total. The van der Waals surface area contributed by atoms with Crippen molar-refractivity contribution in [3.63, 3.8) is 0 Å². The first-order chi connectivity index (χ1) is 6.13. The third-order valence-electron chi connectivity index (χ3n) is 1.93. The number of aryl methyl sites for hydroxylation is 1. The highest BCUT2D eigenvalue weighted by Crippen LogP contribution is 2.23. The fraction of sp³-hybridized carbons (Fsp3) is 0.778. The molecule has 0 aliphatic rings. The molecule has 0 aliphatic heterocycles. The van der Waals surface area contributed by atoms with E-state index in [1.165, 1.54) is 11.5 Å². The van der Waals surface area contributed by atoms with Gasteiger partial charge < -0.3 is 5.73 Å². The summed E-state index contributed by atoms with van der Waals surface area (Å²) in [5.74, 6) is 1.92. The van der Waals surface area contributed by atoms with Gasteiger partial charge in [-0.3, -0.25) is 0 Å². The molecule has 1 unspecified atom stereocenters. The van der Waals surface area contributed by atoms with Crippen LogP contribution in [0.4, 0.5) is 0 Å². The van der Waals surface area contributed by atoms with Crippen LogP contribution in [0.25, 0.3) is 0 Å². The van der Waals surface area contributed by atoms with Gasteiger partial charge in [-0.1, -0.05) is 13.8 Å². The average molecular weight is 199 g/mol. The number of hydrogen-bond acceptors (Lipinski definition) is 4. The molecule has 0 aromatic carbocycles. The van der Waals surface area contributed by atoms with Crippen molar-refractivity contribution in [2.45, 2.75) is 33.1 Å². The summed E-state index contributed by atoms with van der Waals surface area (Å²) in [6.07, 6.45) is 1.10. The van der Waals surface area contributed by atoms with Crippen LogP contribution in [0.3, 0.4) is 0 Å². The van der Waals surface area contributed by atoms with Crippen LogP contribution in [0.1, 0.15) is 37.0 Å². The molecule has 0 aliphatic carbocycles. The van der Waals surface area contributed by atoms with Gasteiger partial charge in [-0.15, -0.1) is 0 Å². The Morgan fingerprint density at radius 2 is 2.15 bits per heavy atom. The van der Waals surface area contributed by atoms with Crippen molar-refractivity contribution in [2.24, 2.45) is 11.7 Å². The Labute approximate surface area is 83.5 Å². The molecule has 1 aromatic rings. The maximum absolute atomic E-state index is 5.70. The van der Waals surface area contributed by atoms with E-state index < -0.39 is 0 Å². The van der Waals surface area contributed by atoms with Crippen molar-refractivity contribution in [3.8, 4) is 0 Å². The third-order valence-corrected chi connectivity index (χ3v) is 2.90. The lowest BCUT2D eigenvalue weighted by Gasteiger charge is -2.13. The fourth-order valence-corrected chi connectivity index (χ4v) is 2.13. The lowest BCUT2D eigenvalue weighted by Crippen LogP contribution is -2.14. The van der Waals surface area contributed by atoms with Gasteiger partial charge in [-0.05, 0) is 30.8 Å². The molecule has 1 heterocycles. The van der Waals surface area contributed by atoms with Crippen LogP contribution in [0, 0.1) is 12.8 Å². The zero-order valence-corrected chi connectivity index (χ0v) is 9.27. The summed E-state index contributed by atoms with van der Waals surface area (Å²) in [5, 5.41) is 1.09. The summed E-state index contributed by atoms with van der Waals surface area (Å²) in [5.41, 5.74) is 5.70. The Balaban J connectivity index is 2.66. The Hall–Kier alpha value is -0.480. The molecule has 0 bridgehead atoms. The van der Waals surface area contributed by atoms with E-state index in [1.807, 2.05) is 6.92 Å². The second kappa shape index (κ2) is 4.67. The molecule has 4 heteroatoms. The molecule has 0 saturated carbocycles. The predicted octanol–water partition coefficient (Wildman–Crippen LogP) is 1.93. The lowest BCUT2D eigenvalue weighted by molar-refractivity contribution is 0.502. The minimum Gasteiger partial charge on any atom is -0.330 e. The van der Waals surface area contributed by atoms with E-state index in [1.54, 1.807) is 0 Å². The van der Waals surface area contributed by atoms with E-state index >= 15 is 0 Å². The quantitative estimate of drug-likeness (QED) is 0.806. The highest BCUT2D eigenvalue weighted by atomic mass is 32.1. The number of nitrogens with zero attached hydrogens (tertiary/aromatic N) is 2. The second-order valence-electron chi connectivity index (χ2n) is 3.74. The summed E-state index contributed by atoms with van der Waals surface area (Å²) >= 11 is 1.48. The third kappa shape index (κ3) is 3.04. The Kier molecular flexibility index (Phi) is 3.81. The molecule has 0 saturated heterocycles. The molecule has 1 aromatic heterocycles. The van der Waals surface area contributed by atoms with Crippen molar-refractivity contribution in [1.29, 1.82) is 0 Å². The molecule has 13 heavy (non-hydrogen) atoms. The molecule has 1 rings (SSSR count). The van der Waals surface area contributed by atoms with Crippen LogP contribution in [-0.2, 0) is 0 Å². The monoisotopic (exact) mass is 199 g/mol. The minimum atomic E-state index is 0.395. The summed E-state index contributed by atoms with van der Waals surface area (Å²) in [6.45, 7) is 7.00. The van der Waals surface area contributed by atoms with Crippen molar-refractivity contribution in [3.05, 3.63) is 10.8 Å². The van der Waals surface area contributed by atoms with Crippen LogP contribution in [0.15, 0.2) is 0 Å². The van der Waals surface area contributed by atoms with Gasteiger partial charge in [0.15, 0.2) is 0 Å². The summed E-state index contributed by atoms with van der Waals surface area (Å²) in [7, 11) is 0. The molecule has 0 spiro atoms. The van der Waals surface area contributed by atoms with Gasteiger partial charge >= 0.3 is 0 Å². The summed E-state index contributed by atoms with van der Waals surface area (Å²) in [6, 6.07) is 0. The van der Waals surface area contributed by atoms with Crippen LogP contribution in [0.2, 0.25) is 0 Å². The molecule has 3 nitrogen and oxygen atoms in total. The molecular formula is C9H17N3S. The van der Waals surface area contributed by atoms with Crippen LogP contribution < -0.4 is 5.73 Å². The van der Waals surface area contributed by atoms with Crippen molar-refractivity contribution < 1.29 is 0 Å². The van der Waals surface area contributed by atoms with Gasteiger partial charge in [0.2, 0.25) is 0 Å². The largest absolute Gasteiger partial charge is 0.330 e. The topological polar surface area (TPSA) is 51.8 Å². The first-order valence-electron chi connectivity index (χ1n) is 4.63. The maximum Gasteiger partial charge on any atom is 0.139 e. The van der Waals surface area contributed by atoms with Gasteiger partial charge in [0.25, 0.3) is 0 Å². The van der Waals surface area contributed by atoms with E-state index in [4.69, 9.17) is 5.73 Å². The highest BCUT2D eigenvalue weighted by molar-refractivity contribution is 7.05. The summed E-state index contributed by atoms with van der Waals surface area (Å²) in [4.78, 5) is 4.36. The van der Waals surface area contributed by atoms with Gasteiger partial charge in [0.05, 0.1) is 0 Å². The van der Waals surface area contributed by atoms with Gasteiger partial charge in [0, 0.05) is 12.5 Å². The molecule has 0 amide bonds. The van der Waals surface area contributed by atoms with E-state index in [-0.39, 0.29) is 0 Å². The van der Waals surface area contributed by atoms with Crippen LogP contribution in [-0.4, -0.2) is 15.9 Å². The van der Waals surface area contributed by atoms with Crippen LogP contribution in [0.5, 0.6) is 0 Å². The van der Waals surface area contributed by atoms with E-state index in [0.29, 0.717) is 18.4 Å². The first-order valence-corrected chi connectivity index (χ1v) is 5.41. The molecule has 0 fully saturated rings. The van der Waals surface area contributed by atoms with Gasteiger partial charge in [0.1, 0.15) is 10.8 Å². The smallest absolute Gasteiger partial charge is 0.139 e. The Bertz CT molecular complexity index is 257. The second-order valence-corrected chi connectivity index (χ2v) is 4.53. The maximum atomic E-state index is 5.70. The number of aromatic nitrogens is 2. The molecule has 74 valence electrons. The number of nitrogens with two attached hydrogens (primary N) is 1. The first kappa shape index (κ1) is 10.6. The molecule has 1 atom stereocenters. The van der Waals surface area contributed by atoms with Crippen LogP contribution >= 0.6 is 11.5 Å². The van der Waals surface area contributed by atoms with E-state index in [2.05, 4.69) is 23.2 Å². The zero-order valence-electron chi connectivity index (χ0n) is 8.45. The number of hydrogen-bond donors (Lipinski definition) is 1. The fourth-order valence-electron chi connectivity index (χ4n) is 1.35. The number of rotatable bonds is 4. The van der Waals surface area contributed by atoms with Crippen molar-refractivity contribution in [2.75, 3.05) is 6.54 Å².